The molecule has 1 aliphatic rings. The summed E-state index contributed by atoms with van der Waals surface area (Å²) in [5.74, 6) is 0.447. The highest BCUT2D eigenvalue weighted by molar-refractivity contribution is 5.93. The molecular weight excluding hydrogens is 264 g/mol. The Labute approximate surface area is 127 Å². The first-order valence-corrected chi connectivity index (χ1v) is 7.88. The highest BCUT2D eigenvalue weighted by Gasteiger charge is 2.29. The summed E-state index contributed by atoms with van der Waals surface area (Å²) in [6.07, 6.45) is 3.12. The van der Waals surface area contributed by atoms with Crippen LogP contribution < -0.4 is 5.32 Å². The molecule has 2 atom stereocenters. The van der Waals surface area contributed by atoms with Crippen LogP contribution in [0.15, 0.2) is 24.3 Å². The Balaban J connectivity index is 1.97. The van der Waals surface area contributed by atoms with Gasteiger partial charge in [-0.15, -0.1) is 0 Å². The van der Waals surface area contributed by atoms with Crippen molar-refractivity contribution in [2.75, 3.05) is 25.0 Å². The van der Waals surface area contributed by atoms with Gasteiger partial charge in [0.2, 0.25) is 5.91 Å². The third kappa shape index (κ3) is 4.05. The molecule has 1 aromatic rings. The lowest BCUT2D eigenvalue weighted by atomic mass is 9.91. The van der Waals surface area contributed by atoms with Crippen LogP contribution in [0.25, 0.3) is 0 Å². The van der Waals surface area contributed by atoms with E-state index in [9.17, 15) is 9.90 Å². The summed E-state index contributed by atoms with van der Waals surface area (Å²) in [6, 6.07) is 8.01. The maximum atomic E-state index is 12.3. The number of hydrogen-bond donors (Lipinski definition) is 2. The van der Waals surface area contributed by atoms with E-state index in [1.54, 1.807) is 0 Å². The summed E-state index contributed by atoms with van der Waals surface area (Å²) in [6.45, 7) is 5.60. The molecule has 2 unspecified atom stereocenters. The summed E-state index contributed by atoms with van der Waals surface area (Å²) in [4.78, 5) is 14.4. The number of anilines is 1. The van der Waals surface area contributed by atoms with E-state index in [4.69, 9.17) is 0 Å². The lowest BCUT2D eigenvalue weighted by molar-refractivity contribution is -0.118. The predicted molar refractivity (Wildman–Crippen MR) is 85.3 cm³/mol. The number of amides is 1. The molecule has 4 heteroatoms. The number of aliphatic hydroxyl groups is 1. The second-order valence-electron chi connectivity index (χ2n) is 5.90. The van der Waals surface area contributed by atoms with Crippen LogP contribution in [0.4, 0.5) is 5.69 Å². The maximum Gasteiger partial charge on any atom is 0.238 e. The molecule has 1 heterocycles. The molecule has 1 aliphatic heterocycles. The van der Waals surface area contributed by atoms with E-state index in [-0.39, 0.29) is 18.6 Å². The molecule has 0 radical (unpaired) electrons. The maximum absolute atomic E-state index is 12.3. The van der Waals surface area contributed by atoms with Crippen molar-refractivity contribution in [1.29, 1.82) is 0 Å². The number of hydrogen-bond acceptors (Lipinski definition) is 3. The first-order chi connectivity index (χ1) is 10.2. The lowest BCUT2D eigenvalue weighted by Gasteiger charge is -2.38. The average Bonchev–Trinajstić information content (AvgIpc) is 2.48. The number of para-hydroxylation sites is 1. The van der Waals surface area contributed by atoms with Crippen LogP contribution in [0, 0.1) is 5.92 Å². The molecule has 1 fully saturated rings. The molecule has 0 spiro atoms. The van der Waals surface area contributed by atoms with E-state index in [1.807, 2.05) is 24.3 Å². The Hall–Kier alpha value is -1.39. The van der Waals surface area contributed by atoms with Crippen molar-refractivity contribution < 1.29 is 9.90 Å². The molecule has 0 aliphatic carbocycles. The van der Waals surface area contributed by atoms with Crippen molar-refractivity contribution in [1.82, 2.24) is 4.90 Å². The second kappa shape index (κ2) is 7.57. The average molecular weight is 290 g/mol. The van der Waals surface area contributed by atoms with Gasteiger partial charge in [0.1, 0.15) is 0 Å². The molecule has 1 saturated heterocycles. The molecule has 0 aromatic heterocycles. The Kier molecular flexibility index (Phi) is 5.76. The molecule has 2 rings (SSSR count). The minimum absolute atomic E-state index is 0.00319. The fourth-order valence-electron chi connectivity index (χ4n) is 3.15. The summed E-state index contributed by atoms with van der Waals surface area (Å²) in [5.41, 5.74) is 2.05. The van der Waals surface area contributed by atoms with Crippen LogP contribution in [0.3, 0.4) is 0 Å². The Morgan fingerprint density at radius 3 is 2.90 bits per heavy atom. The molecular formula is C17H26N2O2. The van der Waals surface area contributed by atoms with Gasteiger partial charge in [-0.25, -0.2) is 0 Å². The van der Waals surface area contributed by atoms with Crippen LogP contribution in [-0.2, 0) is 11.2 Å². The predicted octanol–water partition coefficient (Wildman–Crippen LogP) is 2.28. The van der Waals surface area contributed by atoms with E-state index < -0.39 is 0 Å². The van der Waals surface area contributed by atoms with E-state index in [0.717, 1.165) is 37.1 Å². The number of nitrogens with zero attached hydrogens (tertiary/aromatic N) is 1. The van der Waals surface area contributed by atoms with Crippen LogP contribution >= 0.6 is 0 Å². The van der Waals surface area contributed by atoms with Crippen molar-refractivity contribution in [3.8, 4) is 0 Å². The number of piperidine rings is 1. The first kappa shape index (κ1) is 16.0. The van der Waals surface area contributed by atoms with E-state index in [2.05, 4.69) is 24.1 Å². The summed E-state index contributed by atoms with van der Waals surface area (Å²) < 4.78 is 0. The van der Waals surface area contributed by atoms with Crippen molar-refractivity contribution >= 4 is 11.6 Å². The van der Waals surface area contributed by atoms with Gasteiger partial charge in [0, 0.05) is 11.7 Å². The quantitative estimate of drug-likeness (QED) is 0.875. The number of nitrogens with one attached hydrogen (secondary N) is 1. The van der Waals surface area contributed by atoms with Gasteiger partial charge in [0.05, 0.1) is 13.2 Å². The van der Waals surface area contributed by atoms with Gasteiger partial charge >= 0.3 is 0 Å². The largest absolute Gasteiger partial charge is 0.395 e. The minimum Gasteiger partial charge on any atom is -0.395 e. The SMILES string of the molecule is CCc1ccccc1NC(=O)CN1CCCC(C)C1CO. The molecule has 2 N–H and O–H groups in total. The molecule has 0 saturated carbocycles. The van der Waals surface area contributed by atoms with Crippen molar-refractivity contribution in [2.45, 2.75) is 39.2 Å². The zero-order chi connectivity index (χ0) is 15.2. The van der Waals surface area contributed by atoms with Crippen LogP contribution in [0.1, 0.15) is 32.3 Å². The lowest BCUT2D eigenvalue weighted by Crippen LogP contribution is -2.49. The van der Waals surface area contributed by atoms with Crippen LogP contribution in [-0.4, -0.2) is 41.7 Å². The normalized spacial score (nSPS) is 23.0. The van der Waals surface area contributed by atoms with Gasteiger partial charge < -0.3 is 10.4 Å². The third-order valence-electron chi connectivity index (χ3n) is 4.44. The number of aliphatic hydroxyl groups excluding tert-OH is 1. The van der Waals surface area contributed by atoms with E-state index >= 15 is 0 Å². The van der Waals surface area contributed by atoms with Gasteiger partial charge in [0.25, 0.3) is 0 Å². The van der Waals surface area contributed by atoms with Gasteiger partial charge in [-0.05, 0) is 43.4 Å². The first-order valence-electron chi connectivity index (χ1n) is 7.88. The monoisotopic (exact) mass is 290 g/mol. The molecule has 21 heavy (non-hydrogen) atoms. The molecule has 1 aromatic carbocycles. The molecule has 0 bridgehead atoms. The number of carbonyl (C=O) groups excluding carboxylic acids is 1. The van der Waals surface area contributed by atoms with Crippen molar-refractivity contribution in [2.24, 2.45) is 5.92 Å². The summed E-state index contributed by atoms with van der Waals surface area (Å²) >= 11 is 0. The zero-order valence-corrected chi connectivity index (χ0v) is 13.0. The number of aryl methyl sites for hydroxylation is 1. The smallest absolute Gasteiger partial charge is 0.238 e. The number of rotatable bonds is 5. The van der Waals surface area contributed by atoms with Gasteiger partial charge in [-0.2, -0.15) is 0 Å². The van der Waals surface area contributed by atoms with Gasteiger partial charge in [-0.3, -0.25) is 9.69 Å². The van der Waals surface area contributed by atoms with Gasteiger partial charge in [0.15, 0.2) is 0 Å². The summed E-state index contributed by atoms with van der Waals surface area (Å²) in [7, 11) is 0. The highest BCUT2D eigenvalue weighted by atomic mass is 16.3. The fourth-order valence-corrected chi connectivity index (χ4v) is 3.15. The van der Waals surface area contributed by atoms with Crippen LogP contribution in [0.5, 0.6) is 0 Å². The molecule has 116 valence electrons. The summed E-state index contributed by atoms with van der Waals surface area (Å²) in [5, 5.41) is 12.5. The minimum atomic E-state index is 0.00319. The van der Waals surface area contributed by atoms with Crippen molar-refractivity contribution in [3.63, 3.8) is 0 Å². The topological polar surface area (TPSA) is 52.6 Å². The van der Waals surface area contributed by atoms with E-state index in [0.29, 0.717) is 12.5 Å². The Morgan fingerprint density at radius 2 is 2.19 bits per heavy atom. The number of carbonyl (C=O) groups is 1. The van der Waals surface area contributed by atoms with E-state index in [1.165, 1.54) is 0 Å². The second-order valence-corrected chi connectivity index (χ2v) is 5.90. The van der Waals surface area contributed by atoms with Crippen molar-refractivity contribution in [3.05, 3.63) is 29.8 Å². The molecule has 4 nitrogen and oxygen atoms in total. The fraction of sp³-hybridized carbons (Fsp3) is 0.588. The zero-order valence-electron chi connectivity index (χ0n) is 13.0. The van der Waals surface area contributed by atoms with Gasteiger partial charge in [-0.1, -0.05) is 32.0 Å². The Morgan fingerprint density at radius 1 is 1.43 bits per heavy atom. The Bertz CT molecular complexity index is 476. The number of likely N-dealkylation sites (tertiary alicyclic amines) is 1. The standard InChI is InChI=1S/C17H26N2O2/c1-3-14-8-4-5-9-15(14)18-17(21)11-19-10-6-7-13(2)16(19)12-20/h4-5,8-9,13,16,20H,3,6-7,10-12H2,1-2H3,(H,18,21). The number of benzene rings is 1. The highest BCUT2D eigenvalue weighted by Crippen LogP contribution is 2.23. The molecule has 1 amide bonds. The third-order valence-corrected chi connectivity index (χ3v) is 4.44. The van der Waals surface area contributed by atoms with Crippen LogP contribution in [0.2, 0.25) is 0 Å².